The highest BCUT2D eigenvalue weighted by atomic mass is 16.5. The van der Waals surface area contributed by atoms with E-state index in [-0.39, 0.29) is 18.5 Å². The number of allylic oxidation sites excluding steroid dienone is 6. The number of hydrogen-bond acceptors (Lipinski definition) is 5. The fourth-order valence-corrected chi connectivity index (χ4v) is 8.02. The largest absolute Gasteiger partial charge is 0.466 e. The predicted octanol–water partition coefficient (Wildman–Crippen LogP) is 16.1. The van der Waals surface area contributed by atoms with Crippen LogP contribution >= 0.6 is 0 Å². The lowest BCUT2D eigenvalue weighted by Crippen LogP contribution is -2.45. The van der Waals surface area contributed by atoms with Gasteiger partial charge in [-0.25, -0.2) is 0 Å². The molecule has 3 N–H and O–H groups in total. The number of esters is 1. The number of amides is 1. The molecule has 0 aromatic heterocycles. The normalized spacial score (nSPS) is 12.9. The number of carbonyl (C=O) groups is 2. The van der Waals surface area contributed by atoms with Crippen molar-refractivity contribution in [1.82, 2.24) is 5.32 Å². The monoisotopic (exact) mass is 858 g/mol. The third-order valence-corrected chi connectivity index (χ3v) is 12.2. The Kier molecular flexibility index (Phi) is 49.1. The maximum atomic E-state index is 12.4. The van der Waals surface area contributed by atoms with Crippen molar-refractivity contribution in [3.63, 3.8) is 0 Å². The molecule has 0 aliphatic carbocycles. The number of hydrogen-bond donors (Lipinski definition) is 3. The number of ether oxygens (including phenoxy) is 1. The molecule has 0 radical (unpaired) electrons. The van der Waals surface area contributed by atoms with Gasteiger partial charge in [0.25, 0.3) is 0 Å². The molecule has 0 saturated carbocycles. The van der Waals surface area contributed by atoms with E-state index in [2.05, 4.69) is 55.6 Å². The van der Waals surface area contributed by atoms with E-state index in [1.165, 1.54) is 173 Å². The summed E-state index contributed by atoms with van der Waals surface area (Å²) in [5.41, 5.74) is 0. The van der Waals surface area contributed by atoms with Gasteiger partial charge in [0.15, 0.2) is 0 Å². The van der Waals surface area contributed by atoms with E-state index >= 15 is 0 Å². The van der Waals surface area contributed by atoms with E-state index in [4.69, 9.17) is 4.74 Å². The van der Waals surface area contributed by atoms with Crippen molar-refractivity contribution in [1.29, 1.82) is 0 Å². The first-order valence-electron chi connectivity index (χ1n) is 26.7. The number of rotatable bonds is 49. The molecule has 0 bridgehead atoms. The summed E-state index contributed by atoms with van der Waals surface area (Å²) in [5.74, 6) is -0.0652. The Morgan fingerprint density at radius 2 is 0.820 bits per heavy atom. The molecule has 0 aromatic carbocycles. The lowest BCUT2D eigenvalue weighted by atomic mass is 10.0. The molecule has 2 unspecified atom stereocenters. The molecule has 0 fully saturated rings. The van der Waals surface area contributed by atoms with Crippen LogP contribution in [0.5, 0.6) is 0 Å². The maximum absolute atomic E-state index is 12.4. The van der Waals surface area contributed by atoms with Gasteiger partial charge in [-0.1, -0.05) is 217 Å². The van der Waals surface area contributed by atoms with Gasteiger partial charge < -0.3 is 20.3 Å². The quantitative estimate of drug-likeness (QED) is 0.0322. The average molecular weight is 858 g/mol. The summed E-state index contributed by atoms with van der Waals surface area (Å²) in [6.45, 7) is 4.89. The number of aliphatic hydroxyl groups is 2. The molecule has 61 heavy (non-hydrogen) atoms. The van der Waals surface area contributed by atoms with Crippen LogP contribution in [-0.4, -0.2) is 47.4 Å². The fourth-order valence-electron chi connectivity index (χ4n) is 8.02. The second kappa shape index (κ2) is 50.7. The van der Waals surface area contributed by atoms with Crippen LogP contribution in [0.25, 0.3) is 0 Å². The van der Waals surface area contributed by atoms with E-state index in [1.807, 2.05) is 0 Å². The zero-order chi connectivity index (χ0) is 44.4. The molecule has 6 nitrogen and oxygen atoms in total. The van der Waals surface area contributed by atoms with Gasteiger partial charge in [-0.15, -0.1) is 0 Å². The minimum absolute atomic E-state index is 0.0111. The van der Waals surface area contributed by atoms with E-state index < -0.39 is 12.1 Å². The molecular formula is C55H103NO5. The van der Waals surface area contributed by atoms with E-state index in [1.54, 1.807) is 0 Å². The summed E-state index contributed by atoms with van der Waals surface area (Å²) < 4.78 is 5.47. The van der Waals surface area contributed by atoms with Gasteiger partial charge in [-0.3, -0.25) is 9.59 Å². The molecule has 2 atom stereocenters. The highest BCUT2D eigenvalue weighted by Gasteiger charge is 2.20. The summed E-state index contributed by atoms with van der Waals surface area (Å²) in [7, 11) is 0. The summed E-state index contributed by atoms with van der Waals surface area (Å²) in [4.78, 5) is 24.5. The first-order chi connectivity index (χ1) is 30.0. The van der Waals surface area contributed by atoms with Crippen LogP contribution in [0.1, 0.15) is 277 Å². The Bertz CT molecular complexity index is 993. The van der Waals surface area contributed by atoms with Gasteiger partial charge >= 0.3 is 5.97 Å². The lowest BCUT2D eigenvalue weighted by molar-refractivity contribution is -0.143. The molecule has 0 aliphatic heterocycles. The molecule has 0 spiro atoms. The number of unbranched alkanes of at least 4 members (excludes halogenated alkanes) is 32. The van der Waals surface area contributed by atoms with Gasteiger partial charge in [-0.2, -0.15) is 0 Å². The van der Waals surface area contributed by atoms with Gasteiger partial charge in [0.1, 0.15) is 0 Å². The summed E-state index contributed by atoms with van der Waals surface area (Å²) in [5, 5.41) is 23.1. The highest BCUT2D eigenvalue weighted by molar-refractivity contribution is 5.76. The molecule has 6 heteroatoms. The predicted molar refractivity (Wildman–Crippen MR) is 264 cm³/mol. The second-order valence-electron chi connectivity index (χ2n) is 18.2. The van der Waals surface area contributed by atoms with E-state index in [0.717, 1.165) is 70.6 Å². The van der Waals surface area contributed by atoms with Crippen molar-refractivity contribution < 1.29 is 24.5 Å². The zero-order valence-electron chi connectivity index (χ0n) is 40.6. The molecular weight excluding hydrogens is 755 g/mol. The van der Waals surface area contributed by atoms with E-state index in [9.17, 15) is 19.8 Å². The van der Waals surface area contributed by atoms with Crippen molar-refractivity contribution in [3.05, 3.63) is 36.5 Å². The standard InChI is InChI=1S/C55H103NO5/c1-3-5-7-9-11-13-15-16-17-18-22-25-29-33-37-41-45-49-55(60)61-50-46-42-38-34-30-26-23-20-19-21-24-28-32-36-40-44-48-54(59)56-52(51-57)53(58)47-43-39-35-31-27-14-12-10-8-6-4-2/h11,13,16-17,19,21,52-53,57-58H,3-10,12,14-15,18,20,22-51H2,1-2H3,(H,56,59)/b13-11-,17-16-,21-19-. The average Bonchev–Trinajstić information content (AvgIpc) is 3.26. The number of nitrogens with one attached hydrogen (secondary N) is 1. The minimum Gasteiger partial charge on any atom is -0.466 e. The van der Waals surface area contributed by atoms with Crippen LogP contribution in [0.2, 0.25) is 0 Å². The summed E-state index contributed by atoms with van der Waals surface area (Å²) in [6.07, 6.45) is 61.2. The van der Waals surface area contributed by atoms with Crippen LogP contribution in [0.4, 0.5) is 0 Å². The van der Waals surface area contributed by atoms with Crippen LogP contribution in [0.3, 0.4) is 0 Å². The third kappa shape index (κ3) is 47.4. The third-order valence-electron chi connectivity index (χ3n) is 12.2. The Labute approximate surface area is 379 Å². The van der Waals surface area contributed by atoms with Crippen LogP contribution in [0.15, 0.2) is 36.5 Å². The Morgan fingerprint density at radius 1 is 0.459 bits per heavy atom. The number of carbonyl (C=O) groups excluding carboxylic acids is 2. The molecule has 0 rings (SSSR count). The first-order valence-corrected chi connectivity index (χ1v) is 26.7. The lowest BCUT2D eigenvalue weighted by Gasteiger charge is -2.22. The summed E-state index contributed by atoms with van der Waals surface area (Å²) in [6, 6.07) is -0.553. The van der Waals surface area contributed by atoms with Gasteiger partial charge in [0.05, 0.1) is 25.4 Å². The Hall–Kier alpha value is -1.92. The molecule has 0 heterocycles. The maximum Gasteiger partial charge on any atom is 0.305 e. The highest BCUT2D eigenvalue weighted by Crippen LogP contribution is 2.16. The van der Waals surface area contributed by atoms with Crippen molar-refractivity contribution in [2.45, 2.75) is 289 Å². The minimum atomic E-state index is -0.674. The molecule has 358 valence electrons. The molecule has 0 aliphatic rings. The molecule has 1 amide bonds. The van der Waals surface area contributed by atoms with Crippen molar-refractivity contribution in [3.8, 4) is 0 Å². The Balaban J connectivity index is 3.46. The smallest absolute Gasteiger partial charge is 0.305 e. The SMILES string of the molecule is CCCCC/C=C\C/C=C\CCCCCCCCCC(=O)OCCCCCCCCC/C=C\CCCCCCCC(=O)NC(CO)C(O)CCCCCCCCCCCCC. The van der Waals surface area contributed by atoms with E-state index in [0.29, 0.717) is 25.9 Å². The topological polar surface area (TPSA) is 95.9 Å². The fraction of sp³-hybridized carbons (Fsp3) is 0.855. The second-order valence-corrected chi connectivity index (χ2v) is 18.2. The first kappa shape index (κ1) is 59.1. The van der Waals surface area contributed by atoms with Crippen LogP contribution in [0, 0.1) is 0 Å². The zero-order valence-corrected chi connectivity index (χ0v) is 40.6. The van der Waals surface area contributed by atoms with Gasteiger partial charge in [0.2, 0.25) is 5.91 Å². The van der Waals surface area contributed by atoms with Gasteiger partial charge in [-0.05, 0) is 83.5 Å². The van der Waals surface area contributed by atoms with Crippen LogP contribution < -0.4 is 5.32 Å². The van der Waals surface area contributed by atoms with Crippen molar-refractivity contribution in [2.24, 2.45) is 0 Å². The summed E-state index contributed by atoms with van der Waals surface area (Å²) >= 11 is 0. The number of aliphatic hydroxyl groups excluding tert-OH is 2. The molecule has 0 saturated heterocycles. The van der Waals surface area contributed by atoms with Crippen molar-refractivity contribution >= 4 is 11.9 Å². The van der Waals surface area contributed by atoms with Crippen LogP contribution in [-0.2, 0) is 14.3 Å². The van der Waals surface area contributed by atoms with Gasteiger partial charge in [0, 0.05) is 12.8 Å². The van der Waals surface area contributed by atoms with Crippen molar-refractivity contribution in [2.75, 3.05) is 13.2 Å². The molecule has 0 aromatic rings. The Morgan fingerprint density at radius 3 is 1.30 bits per heavy atom.